The molecule has 24 heavy (non-hydrogen) atoms. The SMILES string of the molecule is CCOc1ccc(-c2nnc(SCCO)n2C2CCCCC2)cc1. The molecule has 130 valence electrons. The highest BCUT2D eigenvalue weighted by Gasteiger charge is 2.23. The predicted molar refractivity (Wildman–Crippen MR) is 96.6 cm³/mol. The summed E-state index contributed by atoms with van der Waals surface area (Å²) in [7, 11) is 0. The second kappa shape index (κ2) is 8.53. The summed E-state index contributed by atoms with van der Waals surface area (Å²) in [4.78, 5) is 0. The van der Waals surface area contributed by atoms with Crippen LogP contribution < -0.4 is 4.74 Å². The molecule has 1 heterocycles. The molecule has 3 rings (SSSR count). The molecule has 0 atom stereocenters. The van der Waals surface area contributed by atoms with Crippen LogP contribution in [0.3, 0.4) is 0 Å². The van der Waals surface area contributed by atoms with Crippen molar-refractivity contribution in [1.82, 2.24) is 14.8 Å². The van der Waals surface area contributed by atoms with Crippen LogP contribution in [-0.4, -0.2) is 38.8 Å². The van der Waals surface area contributed by atoms with Crippen LogP contribution in [0.1, 0.15) is 45.1 Å². The zero-order chi connectivity index (χ0) is 16.8. The third-order valence-corrected chi connectivity index (χ3v) is 5.27. The average Bonchev–Trinajstić information content (AvgIpc) is 3.05. The summed E-state index contributed by atoms with van der Waals surface area (Å²) in [6.07, 6.45) is 6.19. The molecule has 6 heteroatoms. The van der Waals surface area contributed by atoms with Crippen LogP contribution in [-0.2, 0) is 0 Å². The van der Waals surface area contributed by atoms with Crippen molar-refractivity contribution in [3.63, 3.8) is 0 Å². The van der Waals surface area contributed by atoms with Gasteiger partial charge in [0.1, 0.15) is 5.75 Å². The summed E-state index contributed by atoms with van der Waals surface area (Å²) >= 11 is 1.58. The molecule has 1 aromatic carbocycles. The van der Waals surface area contributed by atoms with Crippen molar-refractivity contribution in [3.8, 4) is 17.1 Å². The van der Waals surface area contributed by atoms with Crippen LogP contribution in [0.4, 0.5) is 0 Å². The molecule has 1 fully saturated rings. The molecule has 0 radical (unpaired) electrons. The number of benzene rings is 1. The Kier molecular flexibility index (Phi) is 6.15. The standard InChI is InChI=1S/C18H25N3O2S/c1-2-23-16-10-8-14(9-11-16)17-19-20-18(24-13-12-22)21(17)15-6-4-3-5-7-15/h8-11,15,22H,2-7,12-13H2,1H3. The highest BCUT2D eigenvalue weighted by Crippen LogP contribution is 2.35. The van der Waals surface area contributed by atoms with E-state index in [4.69, 9.17) is 9.84 Å². The zero-order valence-electron chi connectivity index (χ0n) is 14.1. The van der Waals surface area contributed by atoms with Gasteiger partial charge in [-0.3, -0.25) is 4.57 Å². The molecule has 0 bridgehead atoms. The minimum atomic E-state index is 0.153. The van der Waals surface area contributed by atoms with Gasteiger partial charge in [-0.2, -0.15) is 0 Å². The highest BCUT2D eigenvalue weighted by atomic mass is 32.2. The lowest BCUT2D eigenvalue weighted by Crippen LogP contribution is -2.15. The Labute approximate surface area is 147 Å². The van der Waals surface area contributed by atoms with Gasteiger partial charge in [-0.05, 0) is 44.0 Å². The summed E-state index contributed by atoms with van der Waals surface area (Å²) in [6, 6.07) is 8.53. The van der Waals surface area contributed by atoms with Gasteiger partial charge in [-0.25, -0.2) is 0 Å². The second-order valence-corrected chi connectivity index (χ2v) is 7.06. The highest BCUT2D eigenvalue weighted by molar-refractivity contribution is 7.99. The van der Waals surface area contributed by atoms with E-state index in [-0.39, 0.29) is 6.61 Å². The fourth-order valence-electron chi connectivity index (χ4n) is 3.24. The molecule has 0 aliphatic heterocycles. The number of ether oxygens (including phenoxy) is 1. The van der Waals surface area contributed by atoms with Crippen LogP contribution in [0, 0.1) is 0 Å². The average molecular weight is 347 g/mol. The largest absolute Gasteiger partial charge is 0.494 e. The maximum absolute atomic E-state index is 9.14. The summed E-state index contributed by atoms with van der Waals surface area (Å²) in [5.41, 5.74) is 1.06. The first kappa shape index (κ1) is 17.3. The van der Waals surface area contributed by atoms with Gasteiger partial charge in [-0.15, -0.1) is 10.2 Å². The van der Waals surface area contributed by atoms with Crippen molar-refractivity contribution < 1.29 is 9.84 Å². The minimum Gasteiger partial charge on any atom is -0.494 e. The van der Waals surface area contributed by atoms with Crippen molar-refractivity contribution in [2.75, 3.05) is 19.0 Å². The van der Waals surface area contributed by atoms with Gasteiger partial charge >= 0.3 is 0 Å². The first-order valence-corrected chi connectivity index (χ1v) is 9.74. The van der Waals surface area contributed by atoms with Crippen molar-refractivity contribution in [2.45, 2.75) is 50.2 Å². The molecule has 0 saturated heterocycles. The quantitative estimate of drug-likeness (QED) is 0.769. The van der Waals surface area contributed by atoms with Crippen molar-refractivity contribution in [1.29, 1.82) is 0 Å². The van der Waals surface area contributed by atoms with E-state index in [0.29, 0.717) is 18.4 Å². The van der Waals surface area contributed by atoms with Gasteiger partial charge in [0.15, 0.2) is 11.0 Å². The van der Waals surface area contributed by atoms with Gasteiger partial charge in [0.2, 0.25) is 0 Å². The van der Waals surface area contributed by atoms with Crippen LogP contribution >= 0.6 is 11.8 Å². The number of nitrogens with zero attached hydrogens (tertiary/aromatic N) is 3. The number of thioether (sulfide) groups is 1. The topological polar surface area (TPSA) is 60.2 Å². The minimum absolute atomic E-state index is 0.153. The number of hydrogen-bond acceptors (Lipinski definition) is 5. The molecule has 1 aliphatic rings. The van der Waals surface area contributed by atoms with Crippen molar-refractivity contribution in [2.24, 2.45) is 0 Å². The Morgan fingerprint density at radius 1 is 1.17 bits per heavy atom. The molecule has 0 spiro atoms. The molecule has 0 amide bonds. The maximum atomic E-state index is 9.14. The monoisotopic (exact) mass is 347 g/mol. The zero-order valence-corrected chi connectivity index (χ0v) is 15.0. The van der Waals surface area contributed by atoms with Gasteiger partial charge < -0.3 is 9.84 Å². The number of rotatable bonds is 7. The lowest BCUT2D eigenvalue weighted by molar-refractivity contribution is 0.321. The van der Waals surface area contributed by atoms with E-state index in [2.05, 4.69) is 26.9 Å². The van der Waals surface area contributed by atoms with Crippen LogP contribution in [0.2, 0.25) is 0 Å². The Morgan fingerprint density at radius 2 is 1.92 bits per heavy atom. The Hall–Kier alpha value is -1.53. The first-order valence-electron chi connectivity index (χ1n) is 8.75. The smallest absolute Gasteiger partial charge is 0.191 e. The van der Waals surface area contributed by atoms with Crippen LogP contribution in [0.25, 0.3) is 11.4 Å². The number of aliphatic hydroxyl groups is 1. The molecule has 2 aromatic rings. The van der Waals surface area contributed by atoms with Crippen molar-refractivity contribution >= 4 is 11.8 Å². The van der Waals surface area contributed by atoms with Crippen molar-refractivity contribution in [3.05, 3.63) is 24.3 Å². The van der Waals surface area contributed by atoms with E-state index in [1.807, 2.05) is 19.1 Å². The fraction of sp³-hybridized carbons (Fsp3) is 0.556. The van der Waals surface area contributed by atoms with Crippen LogP contribution in [0.5, 0.6) is 5.75 Å². The van der Waals surface area contributed by atoms with Crippen LogP contribution in [0.15, 0.2) is 29.4 Å². The fourth-order valence-corrected chi connectivity index (χ4v) is 3.99. The van der Waals surface area contributed by atoms with Gasteiger partial charge in [0.05, 0.1) is 13.2 Å². The molecular formula is C18H25N3O2S. The lowest BCUT2D eigenvalue weighted by Gasteiger charge is -2.25. The Balaban J connectivity index is 1.92. The van der Waals surface area contributed by atoms with E-state index in [0.717, 1.165) is 22.3 Å². The third-order valence-electron chi connectivity index (χ3n) is 4.35. The summed E-state index contributed by atoms with van der Waals surface area (Å²) in [5, 5.41) is 18.9. The molecule has 0 unspecified atom stereocenters. The predicted octanol–water partition coefficient (Wildman–Crippen LogP) is 3.93. The summed E-state index contributed by atoms with van der Waals surface area (Å²) < 4.78 is 7.81. The molecule has 1 N–H and O–H groups in total. The van der Waals surface area contributed by atoms with E-state index < -0.39 is 0 Å². The van der Waals surface area contributed by atoms with E-state index in [1.54, 1.807) is 11.8 Å². The second-order valence-electron chi connectivity index (χ2n) is 6.00. The van der Waals surface area contributed by atoms with Gasteiger partial charge in [-0.1, -0.05) is 31.0 Å². The van der Waals surface area contributed by atoms with Gasteiger partial charge in [0, 0.05) is 17.4 Å². The lowest BCUT2D eigenvalue weighted by atomic mass is 9.95. The van der Waals surface area contributed by atoms with E-state index in [1.165, 1.54) is 32.1 Å². The van der Waals surface area contributed by atoms with E-state index >= 15 is 0 Å². The number of hydrogen-bond donors (Lipinski definition) is 1. The molecular weight excluding hydrogens is 322 g/mol. The summed E-state index contributed by atoms with van der Waals surface area (Å²) in [5.74, 6) is 2.44. The Bertz CT molecular complexity index is 636. The summed E-state index contributed by atoms with van der Waals surface area (Å²) in [6.45, 7) is 2.80. The van der Waals surface area contributed by atoms with Gasteiger partial charge in [0.25, 0.3) is 0 Å². The van der Waals surface area contributed by atoms with E-state index in [9.17, 15) is 0 Å². The maximum Gasteiger partial charge on any atom is 0.191 e. The number of aromatic nitrogens is 3. The first-order chi connectivity index (χ1) is 11.8. The Morgan fingerprint density at radius 3 is 2.58 bits per heavy atom. The molecule has 1 aliphatic carbocycles. The molecule has 5 nitrogen and oxygen atoms in total. The molecule has 1 saturated carbocycles. The third kappa shape index (κ3) is 3.92. The molecule has 1 aromatic heterocycles. The number of aliphatic hydroxyl groups excluding tert-OH is 1. The normalized spacial score (nSPS) is 15.6.